The monoisotopic (exact) mass is 252 g/mol. The molecule has 4 nitrogen and oxygen atoms in total. The van der Waals surface area contributed by atoms with Crippen molar-refractivity contribution in [2.75, 3.05) is 18.0 Å². The van der Waals surface area contributed by atoms with Crippen molar-refractivity contribution >= 4 is 16.7 Å². The molecule has 1 aliphatic heterocycles. The van der Waals surface area contributed by atoms with E-state index in [1.54, 1.807) is 0 Å². The van der Waals surface area contributed by atoms with Gasteiger partial charge in [0.1, 0.15) is 11.9 Å². The van der Waals surface area contributed by atoms with Crippen molar-refractivity contribution in [1.82, 2.24) is 4.98 Å². The molecule has 2 heterocycles. The van der Waals surface area contributed by atoms with Crippen LogP contribution in [0.25, 0.3) is 10.9 Å². The molecule has 0 amide bonds. The first-order valence-electron chi connectivity index (χ1n) is 6.60. The number of hydrogen-bond acceptors (Lipinski definition) is 4. The molecular formula is C15H16N4. The van der Waals surface area contributed by atoms with Crippen LogP contribution in [0, 0.1) is 11.3 Å². The molecule has 1 saturated heterocycles. The molecule has 0 saturated carbocycles. The van der Waals surface area contributed by atoms with E-state index in [1.165, 1.54) is 12.8 Å². The van der Waals surface area contributed by atoms with E-state index in [0.29, 0.717) is 12.1 Å². The molecule has 0 spiro atoms. The predicted molar refractivity (Wildman–Crippen MR) is 75.8 cm³/mol. The summed E-state index contributed by atoms with van der Waals surface area (Å²) in [6, 6.07) is 10.2. The van der Waals surface area contributed by atoms with Crippen molar-refractivity contribution in [3.05, 3.63) is 35.4 Å². The fourth-order valence-electron chi connectivity index (χ4n) is 2.60. The van der Waals surface area contributed by atoms with Crippen LogP contribution in [-0.2, 0) is 6.54 Å². The smallest absolute Gasteiger partial charge is 0.147 e. The Hall–Kier alpha value is -2.12. The Morgan fingerprint density at radius 3 is 2.74 bits per heavy atom. The SMILES string of the molecule is N#Cc1cc2cc(CN)ccc2nc1N1CCCC1. The van der Waals surface area contributed by atoms with Crippen LogP contribution < -0.4 is 10.6 Å². The molecule has 0 bridgehead atoms. The molecule has 1 fully saturated rings. The van der Waals surface area contributed by atoms with E-state index in [0.717, 1.165) is 35.4 Å². The van der Waals surface area contributed by atoms with E-state index in [-0.39, 0.29) is 0 Å². The van der Waals surface area contributed by atoms with Gasteiger partial charge in [0.2, 0.25) is 0 Å². The van der Waals surface area contributed by atoms with Crippen LogP contribution in [0.5, 0.6) is 0 Å². The summed E-state index contributed by atoms with van der Waals surface area (Å²) in [6.45, 7) is 2.49. The molecule has 1 aromatic carbocycles. The zero-order valence-electron chi connectivity index (χ0n) is 10.8. The Morgan fingerprint density at radius 2 is 2.05 bits per heavy atom. The van der Waals surface area contributed by atoms with Crippen LogP contribution in [0.15, 0.2) is 24.3 Å². The lowest BCUT2D eigenvalue weighted by atomic mass is 10.1. The van der Waals surface area contributed by atoms with Crippen molar-refractivity contribution in [2.45, 2.75) is 19.4 Å². The highest BCUT2D eigenvalue weighted by molar-refractivity contribution is 5.83. The standard InChI is InChI=1S/C15H16N4/c16-9-11-3-4-14-12(7-11)8-13(10-17)15(18-14)19-5-1-2-6-19/h3-4,7-8H,1-2,5-6,9,16H2. The first kappa shape index (κ1) is 11.9. The van der Waals surface area contributed by atoms with Crippen LogP contribution in [-0.4, -0.2) is 18.1 Å². The number of hydrogen-bond donors (Lipinski definition) is 1. The summed E-state index contributed by atoms with van der Waals surface area (Å²) in [5.74, 6) is 0.827. The maximum atomic E-state index is 9.32. The minimum Gasteiger partial charge on any atom is -0.356 e. The first-order chi connectivity index (χ1) is 9.31. The van der Waals surface area contributed by atoms with E-state index in [4.69, 9.17) is 5.73 Å². The number of nitrogens with zero attached hydrogens (tertiary/aromatic N) is 3. The minimum atomic E-state index is 0.506. The van der Waals surface area contributed by atoms with Gasteiger partial charge in [0.15, 0.2) is 0 Å². The van der Waals surface area contributed by atoms with Crippen LogP contribution in [0.3, 0.4) is 0 Å². The van der Waals surface area contributed by atoms with Crippen molar-refractivity contribution in [2.24, 2.45) is 5.73 Å². The molecule has 96 valence electrons. The average Bonchev–Trinajstić information content (AvgIpc) is 2.99. The molecule has 2 aromatic rings. The predicted octanol–water partition coefficient (Wildman–Crippen LogP) is 2.17. The van der Waals surface area contributed by atoms with Gasteiger partial charge in [-0.2, -0.15) is 5.26 Å². The topological polar surface area (TPSA) is 65.9 Å². The highest BCUT2D eigenvalue weighted by atomic mass is 15.2. The number of anilines is 1. The van der Waals surface area contributed by atoms with E-state index in [1.807, 2.05) is 24.3 Å². The van der Waals surface area contributed by atoms with E-state index < -0.39 is 0 Å². The van der Waals surface area contributed by atoms with E-state index in [2.05, 4.69) is 16.0 Å². The molecule has 4 heteroatoms. The zero-order valence-corrected chi connectivity index (χ0v) is 10.8. The van der Waals surface area contributed by atoms with Gasteiger partial charge in [0.05, 0.1) is 11.1 Å². The van der Waals surface area contributed by atoms with E-state index in [9.17, 15) is 5.26 Å². The van der Waals surface area contributed by atoms with Crippen LogP contribution in [0.2, 0.25) is 0 Å². The number of nitriles is 1. The van der Waals surface area contributed by atoms with Gasteiger partial charge < -0.3 is 10.6 Å². The number of fused-ring (bicyclic) bond motifs is 1. The molecular weight excluding hydrogens is 236 g/mol. The summed E-state index contributed by atoms with van der Waals surface area (Å²) >= 11 is 0. The maximum absolute atomic E-state index is 9.32. The second-order valence-electron chi connectivity index (χ2n) is 4.90. The first-order valence-corrected chi connectivity index (χ1v) is 6.60. The van der Waals surface area contributed by atoms with Gasteiger partial charge >= 0.3 is 0 Å². The molecule has 19 heavy (non-hydrogen) atoms. The lowest BCUT2D eigenvalue weighted by Gasteiger charge is -2.18. The molecule has 0 aliphatic carbocycles. The van der Waals surface area contributed by atoms with Gasteiger partial charge in [-0.05, 0) is 36.6 Å². The number of benzene rings is 1. The lowest BCUT2D eigenvalue weighted by molar-refractivity contribution is 0.940. The Bertz CT molecular complexity index is 651. The van der Waals surface area contributed by atoms with Crippen molar-refractivity contribution < 1.29 is 0 Å². The number of rotatable bonds is 2. The fourth-order valence-corrected chi connectivity index (χ4v) is 2.60. The largest absolute Gasteiger partial charge is 0.356 e. The normalized spacial score (nSPS) is 14.8. The number of nitrogens with two attached hydrogens (primary N) is 1. The fraction of sp³-hybridized carbons (Fsp3) is 0.333. The molecule has 1 aromatic heterocycles. The van der Waals surface area contributed by atoms with Gasteiger partial charge in [-0.1, -0.05) is 6.07 Å². The quantitative estimate of drug-likeness (QED) is 0.889. The maximum Gasteiger partial charge on any atom is 0.147 e. The summed E-state index contributed by atoms with van der Waals surface area (Å²) in [5, 5.41) is 10.3. The summed E-state index contributed by atoms with van der Waals surface area (Å²) < 4.78 is 0. The van der Waals surface area contributed by atoms with E-state index >= 15 is 0 Å². The zero-order chi connectivity index (χ0) is 13.2. The van der Waals surface area contributed by atoms with Crippen LogP contribution in [0.1, 0.15) is 24.0 Å². The Kier molecular flexibility index (Phi) is 3.06. The molecule has 0 unspecified atom stereocenters. The average molecular weight is 252 g/mol. The van der Waals surface area contributed by atoms with Crippen LogP contribution >= 0.6 is 0 Å². The molecule has 2 N–H and O–H groups in total. The van der Waals surface area contributed by atoms with Crippen molar-refractivity contribution in [1.29, 1.82) is 5.26 Å². The molecule has 0 atom stereocenters. The summed E-state index contributed by atoms with van der Waals surface area (Å²) in [5.41, 5.74) is 8.29. The lowest BCUT2D eigenvalue weighted by Crippen LogP contribution is -2.20. The molecule has 0 radical (unpaired) electrons. The summed E-state index contributed by atoms with van der Waals surface area (Å²) in [6.07, 6.45) is 2.35. The molecule has 3 rings (SSSR count). The number of aromatic nitrogens is 1. The second-order valence-corrected chi connectivity index (χ2v) is 4.90. The van der Waals surface area contributed by atoms with Gasteiger partial charge in [-0.25, -0.2) is 4.98 Å². The van der Waals surface area contributed by atoms with Gasteiger partial charge in [0, 0.05) is 25.0 Å². The Balaban J connectivity index is 2.15. The Morgan fingerprint density at radius 1 is 1.26 bits per heavy atom. The van der Waals surface area contributed by atoms with Gasteiger partial charge in [-0.15, -0.1) is 0 Å². The summed E-state index contributed by atoms with van der Waals surface area (Å²) in [4.78, 5) is 6.87. The van der Waals surface area contributed by atoms with Crippen molar-refractivity contribution in [3.63, 3.8) is 0 Å². The number of pyridine rings is 1. The Labute approximate surface area is 112 Å². The minimum absolute atomic E-state index is 0.506. The highest BCUT2D eigenvalue weighted by Crippen LogP contribution is 2.26. The third-order valence-electron chi connectivity index (χ3n) is 3.62. The summed E-state index contributed by atoms with van der Waals surface area (Å²) in [7, 11) is 0. The third-order valence-corrected chi connectivity index (χ3v) is 3.62. The highest BCUT2D eigenvalue weighted by Gasteiger charge is 2.18. The van der Waals surface area contributed by atoms with Crippen LogP contribution in [0.4, 0.5) is 5.82 Å². The second kappa shape index (κ2) is 4.87. The van der Waals surface area contributed by atoms with Gasteiger partial charge in [0.25, 0.3) is 0 Å². The third kappa shape index (κ3) is 2.13. The van der Waals surface area contributed by atoms with Gasteiger partial charge in [-0.3, -0.25) is 0 Å². The molecule has 1 aliphatic rings. The van der Waals surface area contributed by atoms with Crippen molar-refractivity contribution in [3.8, 4) is 6.07 Å².